The molecule has 3 aliphatic rings. The number of rotatable bonds is 17. The summed E-state index contributed by atoms with van der Waals surface area (Å²) in [6.07, 6.45) is 12.5. The van der Waals surface area contributed by atoms with Crippen LogP contribution in [0.3, 0.4) is 0 Å². The third-order valence-corrected chi connectivity index (χ3v) is 10.4. The van der Waals surface area contributed by atoms with Crippen molar-refractivity contribution in [3.8, 4) is 12.3 Å². The number of hydrogen-bond acceptors (Lipinski definition) is 5. The highest BCUT2D eigenvalue weighted by Gasteiger charge is 2.39. The highest BCUT2D eigenvalue weighted by atomic mass is 19.1. The number of nitrogens with one attached hydrogen (secondary N) is 2. The van der Waals surface area contributed by atoms with Crippen LogP contribution in [-0.4, -0.2) is 83.4 Å². The van der Waals surface area contributed by atoms with Crippen molar-refractivity contribution in [2.45, 2.75) is 148 Å². The van der Waals surface area contributed by atoms with Gasteiger partial charge in [-0.3, -0.25) is 19.8 Å². The molecule has 0 aromatic heterocycles. The summed E-state index contributed by atoms with van der Waals surface area (Å²) in [5.74, 6) is 1.37. The number of halogens is 2. The van der Waals surface area contributed by atoms with Crippen LogP contribution < -0.4 is 10.7 Å². The smallest absolute Gasteiger partial charge is 0.234 e. The Hall–Kier alpha value is -2.25. The van der Waals surface area contributed by atoms with Crippen molar-refractivity contribution in [2.75, 3.05) is 26.2 Å². The van der Waals surface area contributed by atoms with Crippen LogP contribution >= 0.6 is 0 Å². The summed E-state index contributed by atoms with van der Waals surface area (Å²) >= 11 is 0. The summed E-state index contributed by atoms with van der Waals surface area (Å²) in [5, 5.41) is 16.4. The van der Waals surface area contributed by atoms with E-state index in [2.05, 4.69) is 16.7 Å². The second-order valence-electron chi connectivity index (χ2n) is 14.7. The van der Waals surface area contributed by atoms with Crippen LogP contribution in [0, 0.1) is 41.9 Å². The van der Waals surface area contributed by atoms with E-state index in [4.69, 9.17) is 6.42 Å². The lowest BCUT2D eigenvalue weighted by Gasteiger charge is -2.37. The number of nitrogens with zero attached hydrogens (tertiary/aromatic N) is 2. The number of amides is 3. The quantitative estimate of drug-likeness (QED) is 0.136. The van der Waals surface area contributed by atoms with Crippen LogP contribution in [0.2, 0.25) is 0 Å². The van der Waals surface area contributed by atoms with Gasteiger partial charge in [0.15, 0.2) is 0 Å². The Morgan fingerprint density at radius 2 is 1.47 bits per heavy atom. The summed E-state index contributed by atoms with van der Waals surface area (Å²) in [4.78, 5) is 42.3. The molecule has 0 bridgehead atoms. The number of carbonyl (C=O) groups excluding carboxylic acids is 3. The first kappa shape index (κ1) is 39.2. The van der Waals surface area contributed by atoms with Gasteiger partial charge >= 0.3 is 0 Å². The number of aliphatic hydroxyl groups is 1. The third-order valence-electron chi connectivity index (χ3n) is 10.4. The lowest BCUT2D eigenvalue weighted by Crippen LogP contribution is -2.54. The molecule has 7 atom stereocenters. The molecule has 0 saturated heterocycles. The van der Waals surface area contributed by atoms with E-state index in [0.29, 0.717) is 51.2 Å². The third kappa shape index (κ3) is 12.9. The molecule has 0 aliphatic heterocycles. The maximum atomic E-state index is 14.4. The molecule has 3 amide bonds. The highest BCUT2D eigenvalue weighted by Crippen LogP contribution is 2.36. The number of carbonyl (C=O) groups is 3. The molecule has 3 rings (SSSR count). The molecule has 3 saturated carbocycles. The predicted octanol–water partition coefficient (Wildman–Crippen LogP) is 5.73. The molecule has 3 fully saturated rings. The molecule has 10 heteroatoms. The average molecular weight is 665 g/mol. The maximum absolute atomic E-state index is 14.4. The van der Waals surface area contributed by atoms with Crippen LogP contribution in [0.25, 0.3) is 0 Å². The predicted molar refractivity (Wildman–Crippen MR) is 181 cm³/mol. The molecular weight excluding hydrogens is 602 g/mol. The zero-order chi connectivity index (χ0) is 34.3. The number of hydrogen-bond donors (Lipinski definition) is 3. The van der Waals surface area contributed by atoms with Crippen molar-refractivity contribution in [2.24, 2.45) is 29.6 Å². The van der Waals surface area contributed by atoms with Crippen molar-refractivity contribution in [3.05, 3.63) is 0 Å². The summed E-state index contributed by atoms with van der Waals surface area (Å²) in [6, 6.07) is -0.781. The average Bonchev–Trinajstić information content (AvgIpc) is 3.03. The number of aliphatic hydroxyl groups excluding tert-OH is 1. The van der Waals surface area contributed by atoms with E-state index in [9.17, 15) is 28.3 Å². The van der Waals surface area contributed by atoms with E-state index in [1.54, 1.807) is 5.01 Å². The zero-order valence-electron chi connectivity index (χ0n) is 29.2. The maximum Gasteiger partial charge on any atom is 0.234 e. The molecule has 3 N–H and O–H groups in total. The summed E-state index contributed by atoms with van der Waals surface area (Å²) in [5.41, 5.74) is 2.99. The molecule has 7 unspecified atom stereocenters. The minimum Gasteiger partial charge on any atom is -0.390 e. The van der Waals surface area contributed by atoms with Gasteiger partial charge in [-0.25, -0.2) is 13.8 Å². The van der Waals surface area contributed by atoms with Gasteiger partial charge < -0.3 is 15.3 Å². The monoisotopic (exact) mass is 664 g/mol. The van der Waals surface area contributed by atoms with E-state index in [1.807, 2.05) is 25.7 Å². The largest absolute Gasteiger partial charge is 0.390 e. The Balaban J connectivity index is 1.73. The number of terminal acetylenes is 1. The van der Waals surface area contributed by atoms with Crippen LogP contribution in [0.1, 0.15) is 124 Å². The van der Waals surface area contributed by atoms with Gasteiger partial charge in [-0.15, -0.1) is 12.3 Å². The fraction of sp³-hybridized carbons (Fsp3) is 0.865. The topological polar surface area (TPSA) is 102 Å². The summed E-state index contributed by atoms with van der Waals surface area (Å²) in [7, 11) is 0. The Morgan fingerprint density at radius 3 is 2.06 bits per heavy atom. The fourth-order valence-electron chi connectivity index (χ4n) is 8.15. The van der Waals surface area contributed by atoms with Gasteiger partial charge in [-0.1, -0.05) is 40.0 Å². The Kier molecular flexibility index (Phi) is 16.9. The Morgan fingerprint density at radius 1 is 0.851 bits per heavy atom. The second kappa shape index (κ2) is 20.3. The second-order valence-corrected chi connectivity index (χ2v) is 14.7. The number of hydrazine groups is 1. The lowest BCUT2D eigenvalue weighted by molar-refractivity contribution is -0.139. The minimum atomic E-state index is -1.26. The molecule has 0 aromatic carbocycles. The van der Waals surface area contributed by atoms with E-state index >= 15 is 0 Å². The van der Waals surface area contributed by atoms with Crippen molar-refractivity contribution < 1.29 is 28.3 Å². The van der Waals surface area contributed by atoms with Crippen LogP contribution in [0.15, 0.2) is 0 Å². The summed E-state index contributed by atoms with van der Waals surface area (Å²) in [6.45, 7) is 7.96. The van der Waals surface area contributed by atoms with E-state index in [0.717, 1.165) is 44.9 Å². The van der Waals surface area contributed by atoms with Crippen LogP contribution in [-0.2, 0) is 14.4 Å². The summed E-state index contributed by atoms with van der Waals surface area (Å²) < 4.78 is 28.8. The van der Waals surface area contributed by atoms with Crippen LogP contribution in [0.4, 0.5) is 8.78 Å². The van der Waals surface area contributed by atoms with E-state index in [1.165, 1.54) is 6.42 Å². The molecule has 8 nitrogen and oxygen atoms in total. The Bertz CT molecular complexity index is 1000. The first-order valence-electron chi connectivity index (χ1n) is 18.6. The van der Waals surface area contributed by atoms with Gasteiger partial charge in [0, 0.05) is 56.8 Å². The van der Waals surface area contributed by atoms with Crippen molar-refractivity contribution in [1.82, 2.24) is 20.7 Å². The molecule has 0 heterocycles. The zero-order valence-corrected chi connectivity index (χ0v) is 29.2. The van der Waals surface area contributed by atoms with Gasteiger partial charge in [0.05, 0.1) is 12.1 Å². The first-order valence-corrected chi connectivity index (χ1v) is 18.6. The SMILES string of the molecule is C#CC1CC(C(=O)NC(CC2CC(F)CC(F)C2)C(O)CN(CCC)NC(=O)CC2CCCCC2)CC(C(=O)N(CCC)CCC)C1. The molecule has 0 radical (unpaired) electrons. The standard InChI is InChI=1S/C37H62F2N4O4/c1-5-14-42(15-6-2)37(47)30-18-26(8-4)17-29(23-30)36(46)40-33(21-28-19-31(38)24-32(39)20-28)34(44)25-43(16-7-3)41-35(45)22-27-12-10-9-11-13-27/h4,26-34,44H,5-7,9-25H2,1-3H3,(H,40,46)(H,41,45). The Labute approximate surface area is 282 Å². The molecule has 3 aliphatic carbocycles. The normalized spacial score (nSPS) is 28.2. The fourth-order valence-corrected chi connectivity index (χ4v) is 8.15. The van der Waals surface area contributed by atoms with E-state index in [-0.39, 0.29) is 67.7 Å². The molecular formula is C37H62F2N4O4. The van der Waals surface area contributed by atoms with Crippen molar-refractivity contribution >= 4 is 17.7 Å². The van der Waals surface area contributed by atoms with Gasteiger partial charge in [0.25, 0.3) is 0 Å². The molecule has 0 aromatic rings. The van der Waals surface area contributed by atoms with Gasteiger partial charge in [-0.05, 0) is 82.5 Å². The van der Waals surface area contributed by atoms with Crippen molar-refractivity contribution in [3.63, 3.8) is 0 Å². The van der Waals surface area contributed by atoms with Gasteiger partial charge in [0.1, 0.15) is 12.3 Å². The van der Waals surface area contributed by atoms with Gasteiger partial charge in [-0.2, -0.15) is 0 Å². The highest BCUT2D eigenvalue weighted by molar-refractivity contribution is 5.83. The van der Waals surface area contributed by atoms with Crippen LogP contribution in [0.5, 0.6) is 0 Å². The minimum absolute atomic E-state index is 0.0346. The van der Waals surface area contributed by atoms with Crippen molar-refractivity contribution in [1.29, 1.82) is 0 Å². The first-order chi connectivity index (χ1) is 22.6. The van der Waals surface area contributed by atoms with E-state index < -0.39 is 30.4 Å². The van der Waals surface area contributed by atoms with Gasteiger partial charge in [0.2, 0.25) is 17.7 Å². The molecule has 268 valence electrons. The molecule has 0 spiro atoms. The lowest BCUT2D eigenvalue weighted by atomic mass is 9.74. The number of alkyl halides is 2. The molecule has 47 heavy (non-hydrogen) atoms.